The summed E-state index contributed by atoms with van der Waals surface area (Å²) in [4.78, 5) is 32.6. The van der Waals surface area contributed by atoms with Gasteiger partial charge in [-0.2, -0.15) is 0 Å². The van der Waals surface area contributed by atoms with E-state index in [2.05, 4.69) is 32.2 Å². The Morgan fingerprint density at radius 3 is 2.40 bits per heavy atom. The van der Waals surface area contributed by atoms with Crippen LogP contribution in [0.5, 0.6) is 17.2 Å². The van der Waals surface area contributed by atoms with Gasteiger partial charge in [-0.1, -0.05) is 35.9 Å². The summed E-state index contributed by atoms with van der Waals surface area (Å²) in [7, 11) is 3.20. The first-order valence-corrected chi connectivity index (χ1v) is 14.4. The number of carbonyl (C=O) groups excluding carboxylic acids is 1. The number of ether oxygens (including phenoxy) is 3. The Balaban J connectivity index is 1.13. The molecule has 3 aromatic carbocycles. The quantitative estimate of drug-likeness (QED) is 0.269. The number of methoxy groups -OCH3 is 2. The van der Waals surface area contributed by atoms with Crippen molar-refractivity contribution in [2.24, 2.45) is 0 Å². The SMILES string of the molecule is COc1ccc(CN2CCN(C(=O)CCc3nnc(-c4ccc(OCc5cccc(Cl)c5)c(OC)c4)[nH]c3=O)CC2)cc1. The Bertz CT molecular complexity index is 1600. The van der Waals surface area contributed by atoms with Crippen LogP contribution in [0.3, 0.4) is 0 Å². The first-order valence-electron chi connectivity index (χ1n) is 14.1. The van der Waals surface area contributed by atoms with Gasteiger partial charge in [0.2, 0.25) is 5.91 Å². The molecule has 1 fully saturated rings. The van der Waals surface area contributed by atoms with E-state index in [1.165, 1.54) is 5.56 Å². The van der Waals surface area contributed by atoms with Crippen LogP contribution in [-0.2, 0) is 24.4 Å². The number of amides is 1. The number of carbonyl (C=O) groups is 1. The summed E-state index contributed by atoms with van der Waals surface area (Å²) in [6.07, 6.45) is 0.412. The zero-order valence-electron chi connectivity index (χ0n) is 24.2. The molecule has 1 N–H and O–H groups in total. The number of piperazine rings is 1. The minimum Gasteiger partial charge on any atom is -0.497 e. The molecule has 224 valence electrons. The predicted octanol–water partition coefficient (Wildman–Crippen LogP) is 4.36. The van der Waals surface area contributed by atoms with Crippen molar-refractivity contribution in [2.75, 3.05) is 40.4 Å². The third kappa shape index (κ3) is 7.91. The van der Waals surface area contributed by atoms with Gasteiger partial charge in [0.15, 0.2) is 17.3 Å². The summed E-state index contributed by atoms with van der Waals surface area (Å²) in [5, 5.41) is 8.99. The van der Waals surface area contributed by atoms with E-state index in [-0.39, 0.29) is 30.0 Å². The largest absolute Gasteiger partial charge is 0.497 e. The summed E-state index contributed by atoms with van der Waals surface area (Å²) in [6.45, 7) is 4.03. The smallest absolute Gasteiger partial charge is 0.273 e. The van der Waals surface area contributed by atoms with E-state index in [1.54, 1.807) is 38.5 Å². The summed E-state index contributed by atoms with van der Waals surface area (Å²) in [5.41, 5.74) is 2.60. The molecule has 10 nitrogen and oxygen atoms in total. The normalized spacial score (nSPS) is 13.5. The fraction of sp³-hybridized carbons (Fsp3) is 0.312. The lowest BCUT2D eigenvalue weighted by molar-refractivity contribution is -0.133. The van der Waals surface area contributed by atoms with Crippen LogP contribution in [0.25, 0.3) is 11.4 Å². The molecular weight excluding hydrogens is 570 g/mol. The summed E-state index contributed by atoms with van der Waals surface area (Å²) in [6, 6.07) is 20.7. The molecule has 0 saturated carbocycles. The van der Waals surface area contributed by atoms with Gasteiger partial charge in [0.1, 0.15) is 18.1 Å². The summed E-state index contributed by atoms with van der Waals surface area (Å²) >= 11 is 6.06. The molecule has 0 atom stereocenters. The lowest BCUT2D eigenvalue weighted by Crippen LogP contribution is -2.48. The van der Waals surface area contributed by atoms with Crippen molar-refractivity contribution in [3.63, 3.8) is 0 Å². The number of H-pyrrole nitrogens is 1. The Hall–Kier alpha value is -4.41. The molecule has 0 spiro atoms. The highest BCUT2D eigenvalue weighted by Gasteiger charge is 2.22. The molecule has 0 aliphatic carbocycles. The minimum absolute atomic E-state index is 0.00692. The standard InChI is InChI=1S/C32H34ClN5O5/c1-41-26-9-6-22(7-10-26)20-37-14-16-38(17-15-37)30(39)13-11-27-32(40)34-31(36-35-27)24-8-12-28(29(19-24)42-2)43-21-23-4-3-5-25(33)18-23/h3-10,12,18-19H,11,13-17,20-21H2,1-2H3,(H,34,36,40). The van der Waals surface area contributed by atoms with Crippen LogP contribution < -0.4 is 19.8 Å². The molecule has 1 aromatic heterocycles. The van der Waals surface area contributed by atoms with E-state index in [0.717, 1.165) is 30.9 Å². The highest BCUT2D eigenvalue weighted by molar-refractivity contribution is 6.30. The molecule has 1 aliphatic rings. The number of aromatic nitrogens is 3. The molecule has 4 aromatic rings. The minimum atomic E-state index is -0.373. The van der Waals surface area contributed by atoms with Crippen molar-refractivity contribution in [3.05, 3.63) is 98.9 Å². The number of halogens is 1. The zero-order valence-corrected chi connectivity index (χ0v) is 25.0. The molecule has 5 rings (SSSR count). The average Bonchev–Trinajstić information content (AvgIpc) is 3.03. The summed E-state index contributed by atoms with van der Waals surface area (Å²) < 4.78 is 16.6. The van der Waals surface area contributed by atoms with Crippen LogP contribution in [0.15, 0.2) is 71.5 Å². The van der Waals surface area contributed by atoms with Gasteiger partial charge in [-0.05, 0) is 53.6 Å². The van der Waals surface area contributed by atoms with Gasteiger partial charge in [0.25, 0.3) is 5.56 Å². The van der Waals surface area contributed by atoms with Gasteiger partial charge < -0.3 is 24.1 Å². The van der Waals surface area contributed by atoms with E-state index in [4.69, 9.17) is 25.8 Å². The second kappa shape index (κ2) is 14.2. The second-order valence-corrected chi connectivity index (χ2v) is 10.7. The van der Waals surface area contributed by atoms with Crippen LogP contribution in [0.4, 0.5) is 0 Å². The Morgan fingerprint density at radius 2 is 1.70 bits per heavy atom. The Labute approximate surface area is 255 Å². The zero-order chi connectivity index (χ0) is 30.2. The van der Waals surface area contributed by atoms with E-state index in [0.29, 0.717) is 47.6 Å². The number of aromatic amines is 1. The topological polar surface area (TPSA) is 110 Å². The number of nitrogens with zero attached hydrogens (tertiary/aromatic N) is 4. The van der Waals surface area contributed by atoms with Crippen molar-refractivity contribution in [1.82, 2.24) is 25.0 Å². The van der Waals surface area contributed by atoms with Crippen molar-refractivity contribution in [3.8, 4) is 28.6 Å². The highest BCUT2D eigenvalue weighted by Crippen LogP contribution is 2.32. The van der Waals surface area contributed by atoms with Gasteiger partial charge in [-0.25, -0.2) is 0 Å². The fourth-order valence-corrected chi connectivity index (χ4v) is 5.12. The molecule has 11 heteroatoms. The number of hydrogen-bond acceptors (Lipinski definition) is 8. The number of benzene rings is 3. The van der Waals surface area contributed by atoms with Crippen molar-refractivity contribution in [2.45, 2.75) is 26.0 Å². The fourth-order valence-electron chi connectivity index (χ4n) is 4.90. The van der Waals surface area contributed by atoms with Crippen LogP contribution in [0.1, 0.15) is 23.2 Å². The number of nitrogens with one attached hydrogen (secondary N) is 1. The van der Waals surface area contributed by atoms with Crippen molar-refractivity contribution >= 4 is 17.5 Å². The van der Waals surface area contributed by atoms with Crippen LogP contribution >= 0.6 is 11.6 Å². The molecular formula is C32H34ClN5O5. The average molecular weight is 604 g/mol. The maximum atomic E-state index is 12.9. The number of hydrogen-bond donors (Lipinski definition) is 1. The van der Waals surface area contributed by atoms with Crippen molar-refractivity contribution < 1.29 is 19.0 Å². The monoisotopic (exact) mass is 603 g/mol. The Kier molecular flexibility index (Phi) is 9.91. The second-order valence-electron chi connectivity index (χ2n) is 10.2. The summed E-state index contributed by atoms with van der Waals surface area (Å²) in [5.74, 6) is 2.17. The molecule has 1 amide bonds. The number of aryl methyl sites for hydroxylation is 1. The lowest BCUT2D eigenvalue weighted by atomic mass is 10.1. The van der Waals surface area contributed by atoms with Crippen LogP contribution in [-0.4, -0.2) is 71.3 Å². The molecule has 0 bridgehead atoms. The molecule has 0 radical (unpaired) electrons. The first-order chi connectivity index (χ1) is 20.9. The highest BCUT2D eigenvalue weighted by atomic mass is 35.5. The van der Waals surface area contributed by atoms with Crippen LogP contribution in [0.2, 0.25) is 5.02 Å². The molecule has 1 saturated heterocycles. The van der Waals surface area contributed by atoms with Gasteiger partial charge in [0, 0.05) is 56.2 Å². The van der Waals surface area contributed by atoms with Crippen LogP contribution in [0, 0.1) is 0 Å². The van der Waals surface area contributed by atoms with Crippen molar-refractivity contribution in [1.29, 1.82) is 0 Å². The maximum Gasteiger partial charge on any atom is 0.273 e. The predicted molar refractivity (Wildman–Crippen MR) is 164 cm³/mol. The van der Waals surface area contributed by atoms with E-state index >= 15 is 0 Å². The van der Waals surface area contributed by atoms with E-state index in [1.807, 2.05) is 35.2 Å². The third-order valence-electron chi connectivity index (χ3n) is 7.35. The van der Waals surface area contributed by atoms with Gasteiger partial charge >= 0.3 is 0 Å². The first kappa shape index (κ1) is 30.1. The van der Waals surface area contributed by atoms with Gasteiger partial charge in [-0.3, -0.25) is 14.5 Å². The van der Waals surface area contributed by atoms with E-state index < -0.39 is 0 Å². The molecule has 1 aliphatic heterocycles. The van der Waals surface area contributed by atoms with Gasteiger partial charge in [0.05, 0.1) is 14.2 Å². The molecule has 2 heterocycles. The lowest BCUT2D eigenvalue weighted by Gasteiger charge is -2.34. The van der Waals surface area contributed by atoms with Gasteiger partial charge in [-0.15, -0.1) is 10.2 Å². The van der Waals surface area contributed by atoms with E-state index in [9.17, 15) is 9.59 Å². The molecule has 43 heavy (non-hydrogen) atoms. The molecule has 0 unspecified atom stereocenters. The Morgan fingerprint density at radius 1 is 0.907 bits per heavy atom. The maximum absolute atomic E-state index is 12.9. The number of rotatable bonds is 11. The third-order valence-corrected chi connectivity index (χ3v) is 7.59.